The lowest BCUT2D eigenvalue weighted by molar-refractivity contribution is -0.139. The van der Waals surface area contributed by atoms with Crippen molar-refractivity contribution >= 4 is 35.3 Å². The number of hydrogen-bond donors (Lipinski definition) is 1. The normalized spacial score (nSPS) is 19.1. The van der Waals surface area contributed by atoms with E-state index in [1.807, 2.05) is 0 Å². The Morgan fingerprint density at radius 3 is 2.71 bits per heavy atom. The smallest absolute Gasteiger partial charge is 0.410 e. The van der Waals surface area contributed by atoms with E-state index in [2.05, 4.69) is 10.3 Å². The van der Waals surface area contributed by atoms with E-state index >= 15 is 4.39 Å². The molecule has 2 bridgehead atoms. The summed E-state index contributed by atoms with van der Waals surface area (Å²) in [5.74, 6) is -3.35. The maximum atomic E-state index is 15.3. The molecule has 2 aliphatic heterocycles. The largest absolute Gasteiger partial charge is 0.469 e. The zero-order valence-electron chi connectivity index (χ0n) is 22.6. The molecule has 1 aromatic heterocycles. The number of esters is 1. The van der Waals surface area contributed by atoms with Gasteiger partial charge in [-0.3, -0.25) is 9.59 Å². The second kappa shape index (κ2) is 12.4. The lowest BCUT2D eigenvalue weighted by Gasteiger charge is -2.37. The van der Waals surface area contributed by atoms with E-state index in [9.17, 15) is 23.2 Å². The van der Waals surface area contributed by atoms with Crippen molar-refractivity contribution < 1.29 is 37.0 Å². The summed E-state index contributed by atoms with van der Waals surface area (Å²) in [5, 5.41) is 2.59. The first-order valence-electron chi connectivity index (χ1n) is 13.4. The van der Waals surface area contributed by atoms with Crippen LogP contribution in [0.5, 0.6) is 0 Å². The van der Waals surface area contributed by atoms with E-state index in [1.165, 1.54) is 18.2 Å². The molecule has 1 saturated heterocycles. The highest BCUT2D eigenvalue weighted by Gasteiger charge is 2.37. The number of nitrogens with zero attached hydrogens (tertiary/aromatic N) is 2. The number of carbonyl (C=O) groups is 3. The molecule has 0 saturated carbocycles. The molecule has 2 atom stereocenters. The number of cyclic esters (lactones) is 1. The number of anilines is 1. The number of rotatable bonds is 4. The first-order valence-corrected chi connectivity index (χ1v) is 13.8. The number of pyridine rings is 1. The summed E-state index contributed by atoms with van der Waals surface area (Å²) < 4.78 is 54.7. The van der Waals surface area contributed by atoms with Gasteiger partial charge in [-0.15, -0.1) is 0 Å². The van der Waals surface area contributed by atoms with Gasteiger partial charge < -0.3 is 19.7 Å². The Morgan fingerprint density at radius 2 is 1.95 bits per heavy atom. The number of ether oxygens (including phenoxy) is 2. The molecule has 3 aromatic rings. The molecule has 12 heteroatoms. The van der Waals surface area contributed by atoms with E-state index in [0.717, 1.165) is 12.1 Å². The van der Waals surface area contributed by atoms with Crippen molar-refractivity contribution in [2.24, 2.45) is 0 Å². The first-order chi connectivity index (χ1) is 20.2. The standard InChI is InChI=1S/C30H27ClF3N3O5/c1-41-26(39)13-16-6-7-18-17-14-19(29(34)35-15-17)23(4-2-3-5-25(38)36-22(18)12-16)37-11-10-24(42-30(37)40)27-21(32)9-8-20(31)28(27)33/h6-9,12,14-15,23-24H,2-5,10-11,13H2,1H3,(H,36,38)/t23-,24-/m0/s1. The fourth-order valence-corrected chi connectivity index (χ4v) is 5.54. The third-order valence-electron chi connectivity index (χ3n) is 7.49. The number of halogens is 4. The highest BCUT2D eigenvalue weighted by atomic mass is 35.5. The molecule has 5 rings (SSSR count). The van der Waals surface area contributed by atoms with Crippen LogP contribution >= 0.6 is 11.6 Å². The summed E-state index contributed by atoms with van der Waals surface area (Å²) in [7, 11) is 1.28. The molecule has 2 aromatic carbocycles. The molecule has 42 heavy (non-hydrogen) atoms. The third kappa shape index (κ3) is 6.06. The van der Waals surface area contributed by atoms with E-state index in [-0.39, 0.29) is 42.3 Å². The molecule has 220 valence electrons. The Morgan fingerprint density at radius 1 is 1.14 bits per heavy atom. The number of nitrogens with one attached hydrogen (secondary N) is 1. The average molecular weight is 602 g/mol. The maximum absolute atomic E-state index is 15.3. The number of amides is 2. The molecule has 1 N–H and O–H groups in total. The van der Waals surface area contributed by atoms with Gasteiger partial charge in [0.15, 0.2) is 5.82 Å². The van der Waals surface area contributed by atoms with E-state index in [1.54, 1.807) is 24.3 Å². The number of carbonyl (C=O) groups excluding carboxylic acids is 3. The van der Waals surface area contributed by atoms with Crippen molar-refractivity contribution in [2.75, 3.05) is 19.0 Å². The van der Waals surface area contributed by atoms with Crippen LogP contribution < -0.4 is 5.32 Å². The highest BCUT2D eigenvalue weighted by Crippen LogP contribution is 2.39. The number of aromatic nitrogens is 1. The molecule has 0 spiro atoms. The molecule has 2 amide bonds. The predicted molar refractivity (Wildman–Crippen MR) is 147 cm³/mol. The van der Waals surface area contributed by atoms with Crippen LogP contribution in [0.2, 0.25) is 5.02 Å². The fraction of sp³-hybridized carbons (Fsp3) is 0.333. The zero-order valence-corrected chi connectivity index (χ0v) is 23.3. The lowest BCUT2D eigenvalue weighted by Crippen LogP contribution is -2.42. The van der Waals surface area contributed by atoms with Crippen LogP contribution in [-0.2, 0) is 25.5 Å². The lowest BCUT2D eigenvalue weighted by atomic mass is 9.94. The highest BCUT2D eigenvalue weighted by molar-refractivity contribution is 6.30. The Labute approximate surface area is 244 Å². The monoisotopic (exact) mass is 601 g/mol. The van der Waals surface area contributed by atoms with Gasteiger partial charge in [0.25, 0.3) is 0 Å². The van der Waals surface area contributed by atoms with Crippen molar-refractivity contribution in [1.82, 2.24) is 9.88 Å². The third-order valence-corrected chi connectivity index (χ3v) is 7.78. The minimum absolute atomic E-state index is 0.00427. The van der Waals surface area contributed by atoms with Crippen LogP contribution in [0.25, 0.3) is 11.1 Å². The van der Waals surface area contributed by atoms with Crippen LogP contribution in [0.1, 0.15) is 60.9 Å². The van der Waals surface area contributed by atoms with E-state index in [0.29, 0.717) is 41.6 Å². The van der Waals surface area contributed by atoms with Crippen molar-refractivity contribution in [2.45, 2.75) is 50.7 Å². The van der Waals surface area contributed by atoms with Gasteiger partial charge in [-0.2, -0.15) is 4.39 Å². The molecule has 8 nitrogen and oxygen atoms in total. The average Bonchev–Trinajstić information content (AvgIpc) is 2.96. The van der Waals surface area contributed by atoms with Crippen molar-refractivity contribution in [3.05, 3.63) is 81.9 Å². The van der Waals surface area contributed by atoms with Crippen molar-refractivity contribution in [3.63, 3.8) is 0 Å². The van der Waals surface area contributed by atoms with Gasteiger partial charge in [0.1, 0.15) is 11.9 Å². The number of benzene rings is 2. The van der Waals surface area contributed by atoms with Crippen LogP contribution in [-0.4, -0.2) is 41.5 Å². The second-order valence-corrected chi connectivity index (χ2v) is 10.6. The summed E-state index contributed by atoms with van der Waals surface area (Å²) in [6.45, 7) is 0.0250. The number of fused-ring (bicyclic) bond motifs is 4. The first kappa shape index (κ1) is 29.4. The zero-order chi connectivity index (χ0) is 30.0. The molecule has 2 aliphatic rings. The van der Waals surface area contributed by atoms with Gasteiger partial charge in [0, 0.05) is 48.0 Å². The molecule has 0 aliphatic carbocycles. The molecule has 0 unspecified atom stereocenters. The molecule has 0 radical (unpaired) electrons. The van der Waals surface area contributed by atoms with Crippen molar-refractivity contribution in [3.8, 4) is 11.1 Å². The summed E-state index contributed by atoms with van der Waals surface area (Å²) in [5.41, 5.74) is 1.75. The van der Waals surface area contributed by atoms with E-state index < -0.39 is 47.4 Å². The van der Waals surface area contributed by atoms with Gasteiger partial charge in [-0.05, 0) is 42.7 Å². The van der Waals surface area contributed by atoms with Gasteiger partial charge in [-0.1, -0.05) is 30.2 Å². The van der Waals surface area contributed by atoms with Gasteiger partial charge in [-0.25, -0.2) is 18.6 Å². The van der Waals surface area contributed by atoms with Gasteiger partial charge in [0.05, 0.1) is 30.2 Å². The summed E-state index contributed by atoms with van der Waals surface area (Å²) in [4.78, 5) is 43.1. The van der Waals surface area contributed by atoms with Gasteiger partial charge in [0.2, 0.25) is 11.9 Å². The van der Waals surface area contributed by atoms with Gasteiger partial charge >= 0.3 is 12.1 Å². The maximum Gasteiger partial charge on any atom is 0.410 e. The SMILES string of the molecule is COC(=O)Cc1ccc2c(c1)NC(=O)CCCC[C@H](N1CC[C@@H](c3c(F)ccc(Cl)c3F)OC1=O)c1cc-2cnc1F. The van der Waals surface area contributed by atoms with E-state index in [4.69, 9.17) is 21.1 Å². The fourth-order valence-electron chi connectivity index (χ4n) is 5.38. The minimum atomic E-state index is -1.21. The Bertz CT molecular complexity index is 1550. The Hall–Kier alpha value is -4.12. The number of hydrogen-bond acceptors (Lipinski definition) is 6. The summed E-state index contributed by atoms with van der Waals surface area (Å²) >= 11 is 5.83. The van der Waals surface area contributed by atoms with Crippen LogP contribution in [0, 0.1) is 17.6 Å². The summed E-state index contributed by atoms with van der Waals surface area (Å²) in [6, 6.07) is 7.89. The quantitative estimate of drug-likeness (QED) is 0.204. The molecular weight excluding hydrogens is 575 g/mol. The van der Waals surface area contributed by atoms with Crippen LogP contribution in [0.3, 0.4) is 0 Å². The Kier molecular flexibility index (Phi) is 8.67. The molecular formula is C30H27ClF3N3O5. The number of methoxy groups -OCH3 is 1. The molecule has 1 fully saturated rings. The minimum Gasteiger partial charge on any atom is -0.469 e. The Balaban J connectivity index is 1.49. The van der Waals surface area contributed by atoms with Crippen LogP contribution in [0.4, 0.5) is 23.7 Å². The van der Waals surface area contributed by atoms with Crippen LogP contribution in [0.15, 0.2) is 42.6 Å². The summed E-state index contributed by atoms with van der Waals surface area (Å²) in [6.07, 6.45) is 0.652. The second-order valence-electron chi connectivity index (χ2n) is 10.2. The van der Waals surface area contributed by atoms with Crippen molar-refractivity contribution in [1.29, 1.82) is 0 Å². The molecule has 3 heterocycles. The predicted octanol–water partition coefficient (Wildman–Crippen LogP) is 6.67. The topological polar surface area (TPSA) is 97.8 Å².